The van der Waals surface area contributed by atoms with E-state index in [0.29, 0.717) is 18.2 Å². The van der Waals surface area contributed by atoms with Crippen molar-refractivity contribution < 1.29 is 26.7 Å². The Balaban J connectivity index is 3.19. The zero-order valence-corrected chi connectivity index (χ0v) is 9.30. The van der Waals surface area contributed by atoms with E-state index in [-0.39, 0.29) is 0 Å². The highest BCUT2D eigenvalue weighted by molar-refractivity contribution is 6.36. The molecule has 0 aliphatic carbocycles. The van der Waals surface area contributed by atoms with Crippen LogP contribution in [0.3, 0.4) is 0 Å². The van der Waals surface area contributed by atoms with Crippen LogP contribution in [0.15, 0.2) is 18.2 Å². The number of Topliss-reactive ketones (excluding diaryl/α,β-unsaturated/α-hetero) is 1. The standard InChI is InChI=1S/C9H3Cl2F5O/c10-6-3-4(7(17)8(11,12)13)1-2-5(6)9(14,15)16/h1-3H. The number of halogens is 7. The van der Waals surface area contributed by atoms with E-state index in [9.17, 15) is 26.7 Å². The van der Waals surface area contributed by atoms with E-state index >= 15 is 0 Å². The minimum Gasteiger partial charge on any atom is -0.286 e. The van der Waals surface area contributed by atoms with E-state index in [1.54, 1.807) is 0 Å². The molecule has 0 fully saturated rings. The molecule has 1 rings (SSSR count). The van der Waals surface area contributed by atoms with Gasteiger partial charge in [-0.2, -0.15) is 22.0 Å². The predicted molar refractivity (Wildman–Crippen MR) is 51.6 cm³/mol. The first-order valence-corrected chi connectivity index (χ1v) is 4.77. The molecule has 0 unspecified atom stereocenters. The van der Waals surface area contributed by atoms with Gasteiger partial charge >= 0.3 is 11.6 Å². The van der Waals surface area contributed by atoms with Crippen molar-refractivity contribution in [2.45, 2.75) is 11.6 Å². The number of hydrogen-bond donors (Lipinski definition) is 0. The van der Waals surface area contributed by atoms with Gasteiger partial charge in [-0.3, -0.25) is 4.79 Å². The highest BCUT2D eigenvalue weighted by Gasteiger charge is 2.38. The van der Waals surface area contributed by atoms with E-state index in [2.05, 4.69) is 11.6 Å². The van der Waals surface area contributed by atoms with E-state index in [4.69, 9.17) is 11.6 Å². The number of carbonyl (C=O) groups excluding carboxylic acids is 1. The fraction of sp³-hybridized carbons (Fsp3) is 0.222. The van der Waals surface area contributed by atoms with E-state index < -0.39 is 33.5 Å². The highest BCUT2D eigenvalue weighted by atomic mass is 35.5. The Hall–Kier alpha value is -0.880. The second kappa shape index (κ2) is 4.42. The SMILES string of the molecule is O=C(c1ccc(C(F)(F)F)c(Cl)c1)C(F)(F)Cl. The van der Waals surface area contributed by atoms with Gasteiger partial charge in [-0.15, -0.1) is 0 Å². The summed E-state index contributed by atoms with van der Waals surface area (Å²) in [5.74, 6) is -1.81. The molecule has 1 aromatic carbocycles. The van der Waals surface area contributed by atoms with Gasteiger partial charge < -0.3 is 0 Å². The van der Waals surface area contributed by atoms with Gasteiger partial charge in [0.15, 0.2) is 0 Å². The fourth-order valence-electron chi connectivity index (χ4n) is 1.05. The normalized spacial score (nSPS) is 12.6. The Morgan fingerprint density at radius 1 is 1.12 bits per heavy atom. The van der Waals surface area contributed by atoms with Crippen LogP contribution < -0.4 is 0 Å². The van der Waals surface area contributed by atoms with Gasteiger partial charge in [-0.1, -0.05) is 17.7 Å². The first-order chi connectivity index (χ1) is 7.53. The van der Waals surface area contributed by atoms with Crippen molar-refractivity contribution in [3.05, 3.63) is 34.3 Å². The maximum absolute atomic E-state index is 12.4. The zero-order chi connectivity index (χ0) is 13.4. The monoisotopic (exact) mass is 292 g/mol. The quantitative estimate of drug-likeness (QED) is 0.449. The van der Waals surface area contributed by atoms with Crippen molar-refractivity contribution in [2.75, 3.05) is 0 Å². The summed E-state index contributed by atoms with van der Waals surface area (Å²) in [5, 5.41) is -5.02. The molecule has 0 aliphatic rings. The smallest absolute Gasteiger partial charge is 0.286 e. The Labute approximate surface area is 102 Å². The Kier molecular flexibility index (Phi) is 3.69. The number of carbonyl (C=O) groups is 1. The van der Waals surface area contributed by atoms with Crippen molar-refractivity contribution in [2.24, 2.45) is 0 Å². The number of alkyl halides is 6. The lowest BCUT2D eigenvalue weighted by atomic mass is 10.1. The molecule has 8 heteroatoms. The molecule has 0 N–H and O–H groups in total. The van der Waals surface area contributed by atoms with E-state index in [1.165, 1.54) is 0 Å². The summed E-state index contributed by atoms with van der Waals surface area (Å²) < 4.78 is 61.7. The van der Waals surface area contributed by atoms with Gasteiger partial charge in [-0.05, 0) is 23.7 Å². The van der Waals surface area contributed by atoms with Crippen molar-refractivity contribution in [3.8, 4) is 0 Å². The summed E-state index contributed by atoms with van der Waals surface area (Å²) in [6, 6.07) is 1.54. The summed E-state index contributed by atoms with van der Waals surface area (Å²) in [6.07, 6.45) is -4.72. The summed E-state index contributed by atoms with van der Waals surface area (Å²) in [6.45, 7) is 0. The molecule has 0 saturated carbocycles. The van der Waals surface area contributed by atoms with Gasteiger partial charge in [0.1, 0.15) is 0 Å². The third-order valence-corrected chi connectivity index (χ3v) is 2.28. The first kappa shape index (κ1) is 14.2. The Bertz CT molecular complexity index is 450. The predicted octanol–water partition coefficient (Wildman–Crippen LogP) is 4.37. The van der Waals surface area contributed by atoms with Crippen LogP contribution in [0.4, 0.5) is 22.0 Å². The lowest BCUT2D eigenvalue weighted by Gasteiger charge is -2.11. The number of benzene rings is 1. The number of ketones is 1. The van der Waals surface area contributed by atoms with Crippen molar-refractivity contribution in [1.29, 1.82) is 0 Å². The van der Waals surface area contributed by atoms with Crippen LogP contribution in [-0.4, -0.2) is 11.2 Å². The molecule has 0 radical (unpaired) electrons. The van der Waals surface area contributed by atoms with Gasteiger partial charge in [0.2, 0.25) is 5.78 Å². The van der Waals surface area contributed by atoms with Crippen LogP contribution in [0, 0.1) is 0 Å². The maximum atomic E-state index is 12.4. The van der Waals surface area contributed by atoms with Crippen LogP contribution in [0.25, 0.3) is 0 Å². The summed E-state index contributed by atoms with van der Waals surface area (Å²) in [4.78, 5) is 11.0. The lowest BCUT2D eigenvalue weighted by molar-refractivity contribution is -0.137. The molecule has 0 spiro atoms. The first-order valence-electron chi connectivity index (χ1n) is 4.02. The number of rotatable bonds is 2. The van der Waals surface area contributed by atoms with Gasteiger partial charge in [0, 0.05) is 5.56 Å². The Morgan fingerprint density at radius 3 is 2.00 bits per heavy atom. The second-order valence-corrected chi connectivity index (χ2v) is 3.90. The topological polar surface area (TPSA) is 17.1 Å². The third-order valence-electron chi connectivity index (χ3n) is 1.79. The molecule has 1 aromatic rings. The third kappa shape index (κ3) is 3.29. The molecule has 0 amide bonds. The fourth-order valence-corrected chi connectivity index (χ4v) is 1.45. The lowest BCUT2D eigenvalue weighted by Crippen LogP contribution is -2.21. The molecular weight excluding hydrogens is 290 g/mol. The molecule has 17 heavy (non-hydrogen) atoms. The zero-order valence-electron chi connectivity index (χ0n) is 7.79. The van der Waals surface area contributed by atoms with Crippen LogP contribution in [0.1, 0.15) is 15.9 Å². The molecule has 0 saturated heterocycles. The van der Waals surface area contributed by atoms with E-state index in [0.717, 1.165) is 0 Å². The van der Waals surface area contributed by atoms with Crippen molar-refractivity contribution in [3.63, 3.8) is 0 Å². The summed E-state index contributed by atoms with van der Waals surface area (Å²) in [5.41, 5.74) is -1.91. The maximum Gasteiger partial charge on any atom is 0.417 e. The van der Waals surface area contributed by atoms with Crippen LogP contribution >= 0.6 is 23.2 Å². The molecule has 0 bridgehead atoms. The van der Waals surface area contributed by atoms with Crippen LogP contribution in [0.5, 0.6) is 0 Å². The van der Waals surface area contributed by atoms with Gasteiger partial charge in [0.05, 0.1) is 10.6 Å². The molecule has 0 aromatic heterocycles. The number of hydrogen-bond acceptors (Lipinski definition) is 1. The van der Waals surface area contributed by atoms with Crippen LogP contribution in [-0.2, 0) is 6.18 Å². The van der Waals surface area contributed by atoms with Crippen LogP contribution in [0.2, 0.25) is 5.02 Å². The van der Waals surface area contributed by atoms with Crippen molar-refractivity contribution in [1.82, 2.24) is 0 Å². The molecule has 1 nitrogen and oxygen atoms in total. The summed E-state index contributed by atoms with van der Waals surface area (Å²) >= 11 is 9.70. The van der Waals surface area contributed by atoms with Crippen molar-refractivity contribution >= 4 is 29.0 Å². The van der Waals surface area contributed by atoms with Gasteiger partial charge in [-0.25, -0.2) is 0 Å². The minimum atomic E-state index is -4.72. The molecule has 0 atom stereocenters. The van der Waals surface area contributed by atoms with Gasteiger partial charge in [0.25, 0.3) is 0 Å². The molecule has 0 heterocycles. The summed E-state index contributed by atoms with van der Waals surface area (Å²) in [7, 11) is 0. The average molecular weight is 293 g/mol. The Morgan fingerprint density at radius 2 is 1.65 bits per heavy atom. The molecule has 94 valence electrons. The average Bonchev–Trinajstić information content (AvgIpc) is 2.12. The largest absolute Gasteiger partial charge is 0.417 e. The van der Waals surface area contributed by atoms with E-state index in [1.807, 2.05) is 0 Å². The molecule has 0 aliphatic heterocycles. The second-order valence-electron chi connectivity index (χ2n) is 3.02. The highest BCUT2D eigenvalue weighted by Crippen LogP contribution is 2.36. The molecular formula is C9H3Cl2F5O. The minimum absolute atomic E-state index is 0.443.